The number of carbonyl (C=O) groups is 1. The van der Waals surface area contributed by atoms with E-state index in [1.807, 2.05) is 12.1 Å². The highest BCUT2D eigenvalue weighted by molar-refractivity contribution is 7.90. The van der Waals surface area contributed by atoms with Crippen molar-refractivity contribution in [1.82, 2.24) is 3.97 Å². The normalized spacial score (nSPS) is 11.5. The maximum Gasteiger partial charge on any atom is 0.353 e. The van der Waals surface area contributed by atoms with Crippen LogP contribution in [0.3, 0.4) is 0 Å². The summed E-state index contributed by atoms with van der Waals surface area (Å²) in [6.45, 7) is 0.276. The quantitative estimate of drug-likeness (QED) is 0.464. The third-order valence-electron chi connectivity index (χ3n) is 4.54. The van der Waals surface area contributed by atoms with Crippen LogP contribution in [0.15, 0.2) is 83.8 Å². The molecule has 4 rings (SSSR count). The Morgan fingerprint density at radius 2 is 1.70 bits per heavy atom. The molecule has 0 saturated heterocycles. The van der Waals surface area contributed by atoms with Gasteiger partial charge in [-0.3, -0.25) is 0 Å². The van der Waals surface area contributed by atoms with Gasteiger partial charge in [0.25, 0.3) is 10.0 Å². The number of aromatic nitrogens is 1. The zero-order chi connectivity index (χ0) is 21.3. The molecule has 8 heteroatoms. The second-order valence-electron chi connectivity index (χ2n) is 6.55. The Bertz CT molecular complexity index is 1340. The van der Waals surface area contributed by atoms with Crippen LogP contribution in [0.25, 0.3) is 10.9 Å². The number of carboxylic acid groups (broad SMARTS) is 1. The summed E-state index contributed by atoms with van der Waals surface area (Å²) in [6, 6.07) is 21.0. The van der Waals surface area contributed by atoms with Crippen LogP contribution in [0, 0.1) is 0 Å². The molecule has 6 nitrogen and oxygen atoms in total. The molecule has 3 aromatic carbocycles. The van der Waals surface area contributed by atoms with Crippen LogP contribution in [0.5, 0.6) is 5.75 Å². The number of hydrogen-bond donors (Lipinski definition) is 1. The highest BCUT2D eigenvalue weighted by Crippen LogP contribution is 2.27. The summed E-state index contributed by atoms with van der Waals surface area (Å²) in [7, 11) is -4.12. The molecule has 152 valence electrons. The molecule has 1 aromatic heterocycles. The number of aromatic carboxylic acids is 1. The van der Waals surface area contributed by atoms with Crippen LogP contribution < -0.4 is 4.74 Å². The minimum absolute atomic E-state index is 0.0403. The number of benzene rings is 3. The summed E-state index contributed by atoms with van der Waals surface area (Å²) in [4.78, 5) is 11.6. The maximum atomic E-state index is 13.2. The average molecular weight is 442 g/mol. The minimum atomic E-state index is -4.12. The van der Waals surface area contributed by atoms with Gasteiger partial charge in [-0.1, -0.05) is 41.9 Å². The second kappa shape index (κ2) is 7.85. The van der Waals surface area contributed by atoms with Gasteiger partial charge in [-0.2, -0.15) is 0 Å². The van der Waals surface area contributed by atoms with Crippen LogP contribution in [0.4, 0.5) is 0 Å². The predicted molar refractivity (Wildman–Crippen MR) is 114 cm³/mol. The molecule has 0 unspecified atom stereocenters. The van der Waals surface area contributed by atoms with Crippen molar-refractivity contribution in [3.05, 3.63) is 95.1 Å². The topological polar surface area (TPSA) is 85.6 Å². The first kappa shape index (κ1) is 20.0. The van der Waals surface area contributed by atoms with Gasteiger partial charge < -0.3 is 9.84 Å². The fraction of sp³-hybridized carbons (Fsp3) is 0.0455. The highest BCUT2D eigenvalue weighted by atomic mass is 35.5. The molecule has 1 N–H and O–H groups in total. The van der Waals surface area contributed by atoms with Crippen molar-refractivity contribution in [2.45, 2.75) is 11.5 Å². The van der Waals surface area contributed by atoms with Crippen molar-refractivity contribution >= 4 is 38.5 Å². The van der Waals surface area contributed by atoms with Gasteiger partial charge in [-0.25, -0.2) is 17.2 Å². The van der Waals surface area contributed by atoms with Gasteiger partial charge in [0.2, 0.25) is 0 Å². The van der Waals surface area contributed by atoms with Crippen LogP contribution >= 0.6 is 11.6 Å². The molecule has 0 radical (unpaired) electrons. The van der Waals surface area contributed by atoms with Gasteiger partial charge in [0, 0.05) is 10.4 Å². The van der Waals surface area contributed by atoms with Gasteiger partial charge in [-0.15, -0.1) is 0 Å². The lowest BCUT2D eigenvalue weighted by Gasteiger charge is -2.11. The molecule has 30 heavy (non-hydrogen) atoms. The first-order valence-electron chi connectivity index (χ1n) is 8.93. The summed E-state index contributed by atoms with van der Waals surface area (Å²) in [5, 5.41) is 10.6. The standard InChI is InChI=1S/C22H16ClNO5S/c23-17-6-3-4-15(12-17)14-29-18-8-10-19(11-9-18)30(27,28)24-20-7-2-1-5-16(20)13-21(24)22(25)26/h1-13H,14H2,(H,25,26). The monoisotopic (exact) mass is 441 g/mol. The Kier molecular flexibility index (Phi) is 5.24. The van der Waals surface area contributed by atoms with Crippen molar-refractivity contribution in [2.75, 3.05) is 0 Å². The van der Waals surface area contributed by atoms with Crippen LogP contribution in [0.2, 0.25) is 5.02 Å². The molecule has 4 aromatic rings. The van der Waals surface area contributed by atoms with Gasteiger partial charge in [0.1, 0.15) is 18.1 Å². The van der Waals surface area contributed by atoms with E-state index in [1.54, 1.807) is 36.4 Å². The molecule has 0 aliphatic heterocycles. The van der Waals surface area contributed by atoms with E-state index in [0.29, 0.717) is 21.7 Å². The lowest BCUT2D eigenvalue weighted by molar-refractivity contribution is 0.0689. The van der Waals surface area contributed by atoms with Crippen molar-refractivity contribution < 1.29 is 23.1 Å². The lowest BCUT2D eigenvalue weighted by atomic mass is 10.2. The van der Waals surface area contributed by atoms with Crippen molar-refractivity contribution in [2.24, 2.45) is 0 Å². The van der Waals surface area contributed by atoms with E-state index in [2.05, 4.69) is 0 Å². The number of carboxylic acids is 1. The SMILES string of the molecule is O=C(O)c1cc2ccccc2n1S(=O)(=O)c1ccc(OCc2cccc(Cl)c2)cc1. The number of halogens is 1. The third-order valence-corrected chi connectivity index (χ3v) is 6.52. The van der Waals surface area contributed by atoms with E-state index >= 15 is 0 Å². The Hall–Kier alpha value is -3.29. The Balaban J connectivity index is 1.65. The third kappa shape index (κ3) is 3.77. The zero-order valence-corrected chi connectivity index (χ0v) is 17.1. The molecule has 0 fully saturated rings. The zero-order valence-electron chi connectivity index (χ0n) is 15.5. The number of para-hydroxylation sites is 1. The first-order chi connectivity index (χ1) is 14.4. The van der Waals surface area contributed by atoms with Crippen LogP contribution in [0.1, 0.15) is 16.1 Å². The molecule has 0 aliphatic carbocycles. The predicted octanol–water partition coefficient (Wildman–Crippen LogP) is 4.81. The highest BCUT2D eigenvalue weighted by Gasteiger charge is 2.26. The fourth-order valence-corrected chi connectivity index (χ4v) is 4.86. The molecule has 0 atom stereocenters. The Morgan fingerprint density at radius 3 is 2.40 bits per heavy atom. The van der Waals surface area contributed by atoms with Crippen LogP contribution in [-0.4, -0.2) is 23.5 Å². The van der Waals surface area contributed by atoms with Crippen LogP contribution in [-0.2, 0) is 16.6 Å². The van der Waals surface area contributed by atoms with Gasteiger partial charge in [0.05, 0.1) is 10.4 Å². The van der Waals surface area contributed by atoms with Gasteiger partial charge >= 0.3 is 5.97 Å². The summed E-state index contributed by atoms with van der Waals surface area (Å²) >= 11 is 5.96. The molecule has 0 aliphatic rings. The molecule has 1 heterocycles. The average Bonchev–Trinajstić information content (AvgIpc) is 3.13. The number of nitrogens with zero attached hydrogens (tertiary/aromatic N) is 1. The molecule has 0 saturated carbocycles. The fourth-order valence-electron chi connectivity index (χ4n) is 3.14. The first-order valence-corrected chi connectivity index (χ1v) is 10.7. The van der Waals surface area contributed by atoms with E-state index < -0.39 is 16.0 Å². The number of fused-ring (bicyclic) bond motifs is 1. The number of rotatable bonds is 6. The van der Waals surface area contributed by atoms with Crippen molar-refractivity contribution in [3.8, 4) is 5.75 Å². The van der Waals surface area contributed by atoms with E-state index in [0.717, 1.165) is 9.54 Å². The number of ether oxygens (including phenoxy) is 1. The second-order valence-corrected chi connectivity index (χ2v) is 8.78. The molecule has 0 bridgehead atoms. The largest absolute Gasteiger partial charge is 0.489 e. The van der Waals surface area contributed by atoms with E-state index in [-0.39, 0.29) is 17.2 Å². The minimum Gasteiger partial charge on any atom is -0.489 e. The van der Waals surface area contributed by atoms with Crippen molar-refractivity contribution in [1.29, 1.82) is 0 Å². The van der Waals surface area contributed by atoms with E-state index in [9.17, 15) is 18.3 Å². The summed E-state index contributed by atoms with van der Waals surface area (Å²) in [5.74, 6) is -0.846. The Morgan fingerprint density at radius 1 is 0.967 bits per heavy atom. The molecular formula is C22H16ClNO5S. The van der Waals surface area contributed by atoms with E-state index in [1.165, 1.54) is 30.3 Å². The molecule has 0 spiro atoms. The lowest BCUT2D eigenvalue weighted by Crippen LogP contribution is -2.18. The van der Waals surface area contributed by atoms with Crippen molar-refractivity contribution in [3.63, 3.8) is 0 Å². The smallest absolute Gasteiger partial charge is 0.353 e. The summed E-state index contributed by atoms with van der Waals surface area (Å²) < 4.78 is 32.9. The Labute approximate surface area is 178 Å². The van der Waals surface area contributed by atoms with Gasteiger partial charge in [0.15, 0.2) is 0 Å². The molecular weight excluding hydrogens is 426 g/mol. The molecule has 0 amide bonds. The number of hydrogen-bond acceptors (Lipinski definition) is 4. The maximum absolute atomic E-state index is 13.2. The van der Waals surface area contributed by atoms with E-state index in [4.69, 9.17) is 16.3 Å². The summed E-state index contributed by atoms with van der Waals surface area (Å²) in [6.07, 6.45) is 0. The summed E-state index contributed by atoms with van der Waals surface area (Å²) in [5.41, 5.74) is 0.859. The van der Waals surface area contributed by atoms with Gasteiger partial charge in [-0.05, 0) is 54.1 Å².